The molecule has 0 spiro atoms. The Morgan fingerprint density at radius 2 is 2.10 bits per heavy atom. The van der Waals surface area contributed by atoms with Crippen LogP contribution in [0.4, 0.5) is 4.39 Å². The first-order chi connectivity index (χ1) is 9.78. The van der Waals surface area contributed by atoms with Crippen molar-refractivity contribution in [2.45, 2.75) is 51.9 Å². The summed E-state index contributed by atoms with van der Waals surface area (Å²) in [5.41, 5.74) is 1.14. The van der Waals surface area contributed by atoms with E-state index in [1.165, 1.54) is 44.6 Å². The molecule has 1 atom stereocenters. The van der Waals surface area contributed by atoms with Crippen LogP contribution in [0.15, 0.2) is 24.3 Å². The van der Waals surface area contributed by atoms with Crippen LogP contribution in [0.1, 0.15) is 51.0 Å². The highest BCUT2D eigenvalue weighted by Crippen LogP contribution is 2.31. The molecule has 0 aliphatic heterocycles. The SMILES string of the molecule is CCCNCC(Cc1cccc(F)c1)CC1CCCC1. The Bertz CT molecular complexity index is 385. The van der Waals surface area contributed by atoms with Gasteiger partial charge in [-0.2, -0.15) is 0 Å². The van der Waals surface area contributed by atoms with Crippen LogP contribution < -0.4 is 5.32 Å². The van der Waals surface area contributed by atoms with Crippen molar-refractivity contribution < 1.29 is 4.39 Å². The lowest BCUT2D eigenvalue weighted by Gasteiger charge is -2.21. The first kappa shape index (κ1) is 15.5. The van der Waals surface area contributed by atoms with Gasteiger partial charge in [0.1, 0.15) is 5.82 Å². The van der Waals surface area contributed by atoms with Gasteiger partial charge in [0.25, 0.3) is 0 Å². The predicted octanol–water partition coefficient (Wildman–Crippen LogP) is 4.56. The average molecular weight is 277 g/mol. The first-order valence-electron chi connectivity index (χ1n) is 8.23. The maximum Gasteiger partial charge on any atom is 0.123 e. The third-order valence-electron chi connectivity index (χ3n) is 4.41. The summed E-state index contributed by atoms with van der Waals surface area (Å²) in [6.07, 6.45) is 9.08. The third-order valence-corrected chi connectivity index (χ3v) is 4.41. The van der Waals surface area contributed by atoms with Gasteiger partial charge < -0.3 is 5.32 Å². The molecule has 1 nitrogen and oxygen atoms in total. The van der Waals surface area contributed by atoms with Crippen LogP contribution in [0.3, 0.4) is 0 Å². The van der Waals surface area contributed by atoms with E-state index < -0.39 is 0 Å². The smallest absolute Gasteiger partial charge is 0.123 e. The van der Waals surface area contributed by atoms with Crippen LogP contribution in [0, 0.1) is 17.7 Å². The Balaban J connectivity index is 1.89. The summed E-state index contributed by atoms with van der Waals surface area (Å²) in [6, 6.07) is 7.12. The van der Waals surface area contributed by atoms with E-state index in [4.69, 9.17) is 0 Å². The van der Waals surface area contributed by atoms with Gasteiger partial charge in [-0.05, 0) is 61.9 Å². The van der Waals surface area contributed by atoms with Gasteiger partial charge in [-0.3, -0.25) is 0 Å². The highest BCUT2D eigenvalue weighted by Gasteiger charge is 2.20. The Hall–Kier alpha value is -0.890. The molecule has 1 aliphatic carbocycles. The summed E-state index contributed by atoms with van der Waals surface area (Å²) in [5, 5.41) is 3.55. The van der Waals surface area contributed by atoms with Gasteiger partial charge in [0.2, 0.25) is 0 Å². The highest BCUT2D eigenvalue weighted by atomic mass is 19.1. The van der Waals surface area contributed by atoms with Crippen molar-refractivity contribution in [1.29, 1.82) is 0 Å². The fraction of sp³-hybridized carbons (Fsp3) is 0.667. The molecular weight excluding hydrogens is 249 g/mol. The molecule has 1 unspecified atom stereocenters. The summed E-state index contributed by atoms with van der Waals surface area (Å²) in [5.74, 6) is 1.44. The van der Waals surface area contributed by atoms with Crippen molar-refractivity contribution in [2.24, 2.45) is 11.8 Å². The molecule has 2 rings (SSSR count). The number of rotatable bonds is 8. The van der Waals surface area contributed by atoms with Crippen LogP contribution in [0.2, 0.25) is 0 Å². The van der Waals surface area contributed by atoms with E-state index >= 15 is 0 Å². The molecule has 2 heteroatoms. The monoisotopic (exact) mass is 277 g/mol. The standard InChI is InChI=1S/C18H28FN/c1-2-10-20-14-17(11-15-6-3-4-7-15)12-16-8-5-9-18(19)13-16/h5,8-9,13,15,17,20H,2-4,6-7,10-12,14H2,1H3. The summed E-state index contributed by atoms with van der Waals surface area (Å²) in [6.45, 7) is 4.36. The number of benzene rings is 1. The summed E-state index contributed by atoms with van der Waals surface area (Å²) < 4.78 is 13.3. The largest absolute Gasteiger partial charge is 0.316 e. The lowest BCUT2D eigenvalue weighted by molar-refractivity contribution is 0.357. The molecule has 20 heavy (non-hydrogen) atoms. The van der Waals surface area contributed by atoms with Gasteiger partial charge in [0.05, 0.1) is 0 Å². The minimum atomic E-state index is -0.108. The van der Waals surface area contributed by atoms with Crippen LogP contribution in [-0.2, 0) is 6.42 Å². The van der Waals surface area contributed by atoms with Gasteiger partial charge in [0, 0.05) is 0 Å². The molecule has 0 saturated heterocycles. The van der Waals surface area contributed by atoms with Crippen molar-refractivity contribution in [1.82, 2.24) is 5.32 Å². The second kappa shape index (κ2) is 8.41. The third kappa shape index (κ3) is 5.24. The van der Waals surface area contributed by atoms with Gasteiger partial charge in [-0.25, -0.2) is 4.39 Å². The molecule has 0 aromatic heterocycles. The maximum absolute atomic E-state index is 13.3. The molecule has 1 N–H and O–H groups in total. The molecule has 1 saturated carbocycles. The second-order valence-electron chi connectivity index (χ2n) is 6.29. The van der Waals surface area contributed by atoms with Crippen molar-refractivity contribution >= 4 is 0 Å². The fourth-order valence-corrected chi connectivity index (χ4v) is 3.44. The number of hydrogen-bond donors (Lipinski definition) is 1. The maximum atomic E-state index is 13.3. The van der Waals surface area contributed by atoms with Crippen molar-refractivity contribution in [3.63, 3.8) is 0 Å². The number of halogens is 1. The normalized spacial score (nSPS) is 17.5. The van der Waals surface area contributed by atoms with Crippen LogP contribution in [-0.4, -0.2) is 13.1 Å². The minimum absolute atomic E-state index is 0.108. The molecule has 1 aromatic rings. The molecule has 1 aromatic carbocycles. The van der Waals surface area contributed by atoms with E-state index in [9.17, 15) is 4.39 Å². The fourth-order valence-electron chi connectivity index (χ4n) is 3.44. The molecule has 0 bridgehead atoms. The molecule has 1 aliphatic rings. The molecule has 112 valence electrons. The molecule has 0 heterocycles. The quantitative estimate of drug-likeness (QED) is 0.687. The Labute approximate surface area is 123 Å². The Morgan fingerprint density at radius 3 is 2.80 bits per heavy atom. The van der Waals surface area contributed by atoms with Gasteiger partial charge in [0.15, 0.2) is 0 Å². The Morgan fingerprint density at radius 1 is 1.30 bits per heavy atom. The van der Waals surface area contributed by atoms with E-state index in [2.05, 4.69) is 18.3 Å². The van der Waals surface area contributed by atoms with E-state index in [1.54, 1.807) is 6.07 Å². The molecule has 1 fully saturated rings. The topological polar surface area (TPSA) is 12.0 Å². The summed E-state index contributed by atoms with van der Waals surface area (Å²) in [7, 11) is 0. The van der Waals surface area contributed by atoms with E-state index in [-0.39, 0.29) is 5.82 Å². The van der Waals surface area contributed by atoms with E-state index in [0.717, 1.165) is 31.0 Å². The van der Waals surface area contributed by atoms with Crippen LogP contribution in [0.5, 0.6) is 0 Å². The second-order valence-corrected chi connectivity index (χ2v) is 6.29. The van der Waals surface area contributed by atoms with Gasteiger partial charge in [-0.1, -0.05) is 44.7 Å². The zero-order valence-electron chi connectivity index (χ0n) is 12.7. The number of hydrogen-bond acceptors (Lipinski definition) is 1. The lowest BCUT2D eigenvalue weighted by atomic mass is 9.88. The van der Waals surface area contributed by atoms with Crippen molar-refractivity contribution in [3.05, 3.63) is 35.6 Å². The first-order valence-corrected chi connectivity index (χ1v) is 8.23. The van der Waals surface area contributed by atoms with Gasteiger partial charge >= 0.3 is 0 Å². The summed E-state index contributed by atoms with van der Waals surface area (Å²) >= 11 is 0. The number of nitrogens with one attached hydrogen (secondary N) is 1. The lowest BCUT2D eigenvalue weighted by Crippen LogP contribution is -2.26. The van der Waals surface area contributed by atoms with E-state index in [0.29, 0.717) is 5.92 Å². The van der Waals surface area contributed by atoms with Crippen LogP contribution in [0.25, 0.3) is 0 Å². The van der Waals surface area contributed by atoms with Gasteiger partial charge in [-0.15, -0.1) is 0 Å². The highest BCUT2D eigenvalue weighted by molar-refractivity contribution is 5.17. The van der Waals surface area contributed by atoms with E-state index in [1.807, 2.05) is 6.07 Å². The zero-order valence-corrected chi connectivity index (χ0v) is 12.7. The molecular formula is C18H28FN. The molecule has 0 amide bonds. The van der Waals surface area contributed by atoms with Crippen molar-refractivity contribution in [3.8, 4) is 0 Å². The van der Waals surface area contributed by atoms with Crippen molar-refractivity contribution in [2.75, 3.05) is 13.1 Å². The molecule has 0 radical (unpaired) electrons. The Kier molecular flexibility index (Phi) is 6.52. The zero-order chi connectivity index (χ0) is 14.2. The minimum Gasteiger partial charge on any atom is -0.316 e. The summed E-state index contributed by atoms with van der Waals surface area (Å²) in [4.78, 5) is 0. The predicted molar refractivity (Wildman–Crippen MR) is 83.3 cm³/mol. The average Bonchev–Trinajstić information content (AvgIpc) is 2.92. The van der Waals surface area contributed by atoms with Crippen LogP contribution >= 0.6 is 0 Å².